The Kier molecular flexibility index (Phi) is 4.51. The second-order valence-corrected chi connectivity index (χ2v) is 4.90. The zero-order valence-corrected chi connectivity index (χ0v) is 10.6. The minimum atomic E-state index is 0.137. The monoisotopic (exact) mass is 234 g/mol. The lowest BCUT2D eigenvalue weighted by molar-refractivity contribution is 0.101. The Balaban J connectivity index is 1.74. The number of aromatic nitrogens is 1. The molecule has 2 unspecified atom stereocenters. The second kappa shape index (κ2) is 6.12. The summed E-state index contributed by atoms with van der Waals surface area (Å²) in [6.07, 6.45) is 8.10. The molecule has 0 amide bonds. The molecule has 0 aromatic carbocycles. The van der Waals surface area contributed by atoms with Crippen LogP contribution in [0.25, 0.3) is 0 Å². The second-order valence-electron chi connectivity index (χ2n) is 4.90. The normalized spacial score (nSPS) is 21.6. The summed E-state index contributed by atoms with van der Waals surface area (Å²) in [6.45, 7) is 2.95. The number of rotatable bonds is 5. The van der Waals surface area contributed by atoms with Crippen molar-refractivity contribution < 1.29 is 4.74 Å². The van der Waals surface area contributed by atoms with E-state index in [1.54, 1.807) is 0 Å². The van der Waals surface area contributed by atoms with Crippen molar-refractivity contribution in [3.8, 4) is 0 Å². The Hall–Kier alpha value is -0.930. The summed E-state index contributed by atoms with van der Waals surface area (Å²) in [5, 5.41) is 0. The van der Waals surface area contributed by atoms with Crippen molar-refractivity contribution in [3.63, 3.8) is 0 Å². The van der Waals surface area contributed by atoms with Crippen LogP contribution in [0.2, 0.25) is 0 Å². The average Bonchev–Trinajstić information content (AvgIpc) is 2.82. The van der Waals surface area contributed by atoms with Crippen LogP contribution in [0.4, 0.5) is 0 Å². The molecule has 3 heteroatoms. The van der Waals surface area contributed by atoms with E-state index in [9.17, 15) is 0 Å². The molecule has 17 heavy (non-hydrogen) atoms. The van der Waals surface area contributed by atoms with Gasteiger partial charge >= 0.3 is 0 Å². The number of nitrogens with two attached hydrogens (primary N) is 1. The summed E-state index contributed by atoms with van der Waals surface area (Å²) in [6, 6.07) is 4.23. The van der Waals surface area contributed by atoms with E-state index >= 15 is 0 Å². The average molecular weight is 234 g/mol. The van der Waals surface area contributed by atoms with E-state index in [-0.39, 0.29) is 6.04 Å². The fourth-order valence-electron chi connectivity index (χ4n) is 2.40. The molecule has 1 aromatic rings. The lowest BCUT2D eigenvalue weighted by atomic mass is 10.0. The molecule has 2 heterocycles. The lowest BCUT2D eigenvalue weighted by Gasteiger charge is -2.14. The Morgan fingerprint density at radius 1 is 1.59 bits per heavy atom. The van der Waals surface area contributed by atoms with Gasteiger partial charge in [0.05, 0.1) is 6.10 Å². The van der Waals surface area contributed by atoms with Gasteiger partial charge in [-0.2, -0.15) is 0 Å². The van der Waals surface area contributed by atoms with Crippen LogP contribution in [0.1, 0.15) is 49.4 Å². The van der Waals surface area contributed by atoms with Crippen LogP contribution in [0.5, 0.6) is 0 Å². The number of ether oxygens (including phenoxy) is 1. The molecular weight excluding hydrogens is 212 g/mol. The van der Waals surface area contributed by atoms with E-state index in [2.05, 4.69) is 11.1 Å². The van der Waals surface area contributed by atoms with Gasteiger partial charge in [-0.25, -0.2) is 0 Å². The van der Waals surface area contributed by atoms with E-state index in [1.807, 2.05) is 19.2 Å². The first-order valence-electron chi connectivity index (χ1n) is 6.55. The first-order chi connectivity index (χ1) is 8.25. The molecule has 1 aromatic heterocycles. The molecular formula is C14H22N2O. The van der Waals surface area contributed by atoms with E-state index in [0.29, 0.717) is 6.10 Å². The van der Waals surface area contributed by atoms with Gasteiger partial charge in [0.1, 0.15) is 0 Å². The molecule has 2 N–H and O–H groups in total. The zero-order valence-electron chi connectivity index (χ0n) is 10.6. The highest BCUT2D eigenvalue weighted by Crippen LogP contribution is 2.21. The first-order valence-corrected chi connectivity index (χ1v) is 6.55. The third-order valence-corrected chi connectivity index (χ3v) is 3.41. The summed E-state index contributed by atoms with van der Waals surface area (Å²) >= 11 is 0. The SMILES string of the molecule is Cc1cc(C(N)CCCC2CCCO2)ccn1. The molecule has 3 nitrogen and oxygen atoms in total. The molecule has 1 fully saturated rings. The Morgan fingerprint density at radius 2 is 2.47 bits per heavy atom. The lowest BCUT2D eigenvalue weighted by Crippen LogP contribution is -2.12. The number of pyridine rings is 1. The van der Waals surface area contributed by atoms with Crippen molar-refractivity contribution in [2.45, 2.75) is 51.2 Å². The maximum Gasteiger partial charge on any atom is 0.0576 e. The maximum atomic E-state index is 6.18. The molecule has 1 aliphatic heterocycles. The number of nitrogens with zero attached hydrogens (tertiary/aromatic N) is 1. The highest BCUT2D eigenvalue weighted by Gasteiger charge is 2.15. The van der Waals surface area contributed by atoms with Crippen molar-refractivity contribution >= 4 is 0 Å². The molecule has 94 valence electrons. The van der Waals surface area contributed by atoms with Gasteiger partial charge in [0.25, 0.3) is 0 Å². The van der Waals surface area contributed by atoms with E-state index in [1.165, 1.54) is 18.4 Å². The largest absolute Gasteiger partial charge is 0.378 e. The topological polar surface area (TPSA) is 48.1 Å². The third-order valence-electron chi connectivity index (χ3n) is 3.41. The Bertz CT molecular complexity index is 348. The van der Waals surface area contributed by atoms with Crippen molar-refractivity contribution in [1.82, 2.24) is 4.98 Å². The Labute approximate surface area is 103 Å². The van der Waals surface area contributed by atoms with Gasteiger partial charge < -0.3 is 10.5 Å². The smallest absolute Gasteiger partial charge is 0.0576 e. The van der Waals surface area contributed by atoms with Crippen molar-refractivity contribution in [2.75, 3.05) is 6.61 Å². The van der Waals surface area contributed by atoms with Crippen LogP contribution in [-0.2, 0) is 4.74 Å². The Morgan fingerprint density at radius 3 is 3.18 bits per heavy atom. The minimum Gasteiger partial charge on any atom is -0.378 e. The van der Waals surface area contributed by atoms with Gasteiger partial charge in [-0.3, -0.25) is 4.98 Å². The van der Waals surface area contributed by atoms with Crippen molar-refractivity contribution in [1.29, 1.82) is 0 Å². The van der Waals surface area contributed by atoms with Crippen LogP contribution in [0.3, 0.4) is 0 Å². The molecule has 0 bridgehead atoms. The van der Waals surface area contributed by atoms with Crippen molar-refractivity contribution in [2.24, 2.45) is 5.73 Å². The molecule has 0 saturated carbocycles. The molecule has 2 rings (SSSR count). The van der Waals surface area contributed by atoms with Gasteiger partial charge in [-0.15, -0.1) is 0 Å². The van der Waals surface area contributed by atoms with Gasteiger partial charge in [0.15, 0.2) is 0 Å². The molecule has 1 saturated heterocycles. The zero-order chi connectivity index (χ0) is 12.1. The van der Waals surface area contributed by atoms with E-state index < -0.39 is 0 Å². The summed E-state index contributed by atoms with van der Waals surface area (Å²) in [4.78, 5) is 4.19. The predicted octanol–water partition coefficient (Wildman–Crippen LogP) is 2.74. The van der Waals surface area contributed by atoms with Crippen LogP contribution in [0.15, 0.2) is 18.3 Å². The number of hydrogen-bond acceptors (Lipinski definition) is 3. The van der Waals surface area contributed by atoms with E-state index in [4.69, 9.17) is 10.5 Å². The van der Waals surface area contributed by atoms with Crippen LogP contribution < -0.4 is 5.73 Å². The molecule has 1 aliphatic rings. The van der Waals surface area contributed by atoms with Gasteiger partial charge in [-0.05, 0) is 56.7 Å². The summed E-state index contributed by atoms with van der Waals surface area (Å²) < 4.78 is 5.61. The molecule has 2 atom stereocenters. The molecule has 0 radical (unpaired) electrons. The van der Waals surface area contributed by atoms with E-state index in [0.717, 1.165) is 31.6 Å². The maximum absolute atomic E-state index is 6.18. The summed E-state index contributed by atoms with van der Waals surface area (Å²) in [5.41, 5.74) is 8.42. The third kappa shape index (κ3) is 3.79. The molecule has 0 spiro atoms. The predicted molar refractivity (Wildman–Crippen MR) is 68.7 cm³/mol. The standard InChI is InChI=1S/C14H22N2O/c1-11-10-12(7-8-16-11)14(15)6-2-4-13-5-3-9-17-13/h7-8,10,13-14H,2-6,9,15H2,1H3. The fraction of sp³-hybridized carbons (Fsp3) is 0.643. The molecule has 0 aliphatic carbocycles. The van der Waals surface area contributed by atoms with Gasteiger partial charge in [-0.1, -0.05) is 0 Å². The minimum absolute atomic E-state index is 0.137. The highest BCUT2D eigenvalue weighted by molar-refractivity contribution is 5.18. The van der Waals surface area contributed by atoms with Crippen LogP contribution >= 0.6 is 0 Å². The summed E-state index contributed by atoms with van der Waals surface area (Å²) in [5.74, 6) is 0. The fourth-order valence-corrected chi connectivity index (χ4v) is 2.40. The van der Waals surface area contributed by atoms with Gasteiger partial charge in [0.2, 0.25) is 0 Å². The van der Waals surface area contributed by atoms with Crippen molar-refractivity contribution in [3.05, 3.63) is 29.6 Å². The quantitative estimate of drug-likeness (QED) is 0.852. The number of aryl methyl sites for hydroxylation is 1. The van der Waals surface area contributed by atoms with Crippen LogP contribution in [0, 0.1) is 6.92 Å². The highest BCUT2D eigenvalue weighted by atomic mass is 16.5. The van der Waals surface area contributed by atoms with Gasteiger partial charge in [0, 0.05) is 24.5 Å². The number of hydrogen-bond donors (Lipinski definition) is 1. The first kappa shape index (κ1) is 12.5. The van der Waals surface area contributed by atoms with Crippen LogP contribution in [-0.4, -0.2) is 17.7 Å². The summed E-state index contributed by atoms with van der Waals surface area (Å²) in [7, 11) is 0.